The number of nitrogens with two attached hydrogens (primary N) is 1. The average molecular weight is 1830 g/mol. The molecule has 0 atom stereocenters. The van der Waals surface area contributed by atoms with Crippen LogP contribution in [0.15, 0.2) is 70.2 Å². The molecule has 3 amide bonds. The lowest BCUT2D eigenvalue weighted by Crippen LogP contribution is -2.39. The number of nitrogen functional groups attached to an aromatic ring is 1. The molecule has 0 bridgehead atoms. The summed E-state index contributed by atoms with van der Waals surface area (Å²) in [6, 6.07) is 7.84. The van der Waals surface area contributed by atoms with Gasteiger partial charge in [0.15, 0.2) is 5.78 Å². The number of hydrogen-bond donors (Lipinski definition) is 5. The molecule has 0 saturated carbocycles. The zero-order chi connectivity index (χ0) is 87.5. The minimum absolute atomic E-state index is 0.00187. The number of carbonyl (C=O) groups excluding carboxylic acids is 8. The highest BCUT2D eigenvalue weighted by Crippen LogP contribution is 2.26. The molecule has 6 N–H and O–H groups in total. The third-order valence-corrected chi connectivity index (χ3v) is 21.1. The Hall–Kier alpha value is -8.09. The van der Waals surface area contributed by atoms with Gasteiger partial charge in [0, 0.05) is 186 Å². The van der Waals surface area contributed by atoms with E-state index in [0.29, 0.717) is 87.7 Å². The van der Waals surface area contributed by atoms with Gasteiger partial charge in [-0.05, 0) is 184 Å². The lowest BCUT2D eigenvalue weighted by molar-refractivity contribution is -0.148. The van der Waals surface area contributed by atoms with Crippen molar-refractivity contribution in [3.8, 4) is 0 Å². The van der Waals surface area contributed by atoms with E-state index in [4.69, 9.17) is 44.0 Å². The van der Waals surface area contributed by atoms with E-state index in [1.54, 1.807) is 37.8 Å². The Morgan fingerprint density at radius 2 is 0.836 bits per heavy atom. The smallest absolute Gasteiger partial charge is 0.371 e. The van der Waals surface area contributed by atoms with Crippen LogP contribution in [0.2, 0.25) is 0 Å². The molecule has 12 heterocycles. The van der Waals surface area contributed by atoms with E-state index < -0.39 is 11.9 Å². The maximum absolute atomic E-state index is 12.1. The number of fused-ring (bicyclic) bond motifs is 3. The Morgan fingerprint density at radius 1 is 0.467 bits per heavy atom. The van der Waals surface area contributed by atoms with Crippen LogP contribution < -0.4 is 21.7 Å². The van der Waals surface area contributed by atoms with Crippen molar-refractivity contribution < 1.29 is 86.2 Å². The van der Waals surface area contributed by atoms with Crippen LogP contribution in [0.3, 0.4) is 0 Å². The number of anilines is 4. The number of aldehydes is 1. The molecule has 8 aliphatic rings. The lowest BCUT2D eigenvalue weighted by atomic mass is 10.1. The van der Waals surface area contributed by atoms with Crippen molar-refractivity contribution in [2.24, 2.45) is 0 Å². The summed E-state index contributed by atoms with van der Waals surface area (Å²) in [7, 11) is 0. The quantitative estimate of drug-likeness (QED) is 0.00915. The van der Waals surface area contributed by atoms with Crippen LogP contribution >= 0.6 is 31.9 Å². The first-order chi connectivity index (χ1) is 59.1. The van der Waals surface area contributed by atoms with Gasteiger partial charge in [-0.2, -0.15) is 0 Å². The summed E-state index contributed by atoms with van der Waals surface area (Å²) in [5.74, 6) is 0.173. The number of hydrogen-bond acceptors (Lipinski definition) is 31. The third kappa shape index (κ3) is 42.1. The second-order valence-corrected chi connectivity index (χ2v) is 31.8. The van der Waals surface area contributed by atoms with Gasteiger partial charge in [0.1, 0.15) is 23.3 Å². The zero-order valence-corrected chi connectivity index (χ0v) is 74.7. The van der Waals surface area contributed by atoms with Crippen LogP contribution in [0.25, 0.3) is 12.2 Å². The largest absolute Gasteiger partial charge is 0.478 e. The van der Waals surface area contributed by atoms with Gasteiger partial charge in [-0.15, -0.1) is 0 Å². The number of nitrogens with one attached hydrogen (secondary N) is 3. The standard InChI is InChI=1S/C19H26N4O3.C18H24N4O4.C17H27BrN4O3.C15H21BrN4O2.C12H23NO3.C4H6O3/c1-15(24)3-4-16-11-17-13-23(14-18(25)21-19(17)20-12-16)6-2-5-22-7-9-26-10-8-22;23-16-13-22(5-1-4-21-6-8-26-9-7-21)12-15-10-14(2-3-17(24)25)11-19-18(15)20-16;1-2-25-16(23)13-22(5-3-4-21-6-8-24-9-7-21)12-14-10-15(18)11-20-17(14)19;16-13-8-12-10-20(11-14(21)18-15(12)17-9-13)3-1-2-19-4-6-22-7-5-19;1-2-16-12(14)6-4-3-5-7-13-8-10-15-11-9-13;1-2-7-4(6)3-5/h3-4,11-12H,2,5-10,13-14H2,1H3,(H,20,21,25);2-3,10-11H,1,4-9,12-13H2,(H,24,25)(H,19,20,23);10-11H,2-9,12-13H2,1H3,(H2,19,20);8-9H,1-7,10-11H2,(H,17,18,21);2-11H2,1H3;3H,2H2,1H3/b4-3+;3-2+;;;;. The Morgan fingerprint density at radius 3 is 1.24 bits per heavy atom. The highest BCUT2D eigenvalue weighted by atomic mass is 79.9. The molecule has 12 rings (SSSR count). The SMILES string of the molecule is CC(=O)/C=C/c1cnc2c(c1)CN(CCCN1CCOCC1)CC(=O)N2.CCOC(=O)C=O.CCOC(=O)CCCCCN1CCOCC1.CCOC(=O)CN(CCCN1CCOCC1)Cc1cc(Br)cnc1N.O=C(O)/C=C/c1cnc2c(c1)CN(CCCN1CCOCC1)CC(=O)N2.O=C1CN(CCCN2CCOCC2)Cc2cc(Br)cnc2N1. The van der Waals surface area contributed by atoms with Gasteiger partial charge in [-0.1, -0.05) is 6.42 Å². The summed E-state index contributed by atoms with van der Waals surface area (Å²) in [4.78, 5) is 138. The summed E-state index contributed by atoms with van der Waals surface area (Å²) in [5, 5.41) is 17.3. The predicted molar refractivity (Wildman–Crippen MR) is 469 cm³/mol. The van der Waals surface area contributed by atoms with Crippen LogP contribution in [-0.4, -0.2) is 359 Å². The molecule has 0 radical (unpaired) electrons. The summed E-state index contributed by atoms with van der Waals surface area (Å²) >= 11 is 6.86. The summed E-state index contributed by atoms with van der Waals surface area (Å²) in [5.41, 5.74) is 11.4. The van der Waals surface area contributed by atoms with Gasteiger partial charge in [0.2, 0.25) is 24.0 Å². The second kappa shape index (κ2) is 58.9. The number of unbranched alkanes of at least 4 members (excludes halogenated alkanes) is 2. The molecule has 37 heteroatoms. The molecular formula is C85H127Br2N17O18. The van der Waals surface area contributed by atoms with Crippen molar-refractivity contribution >= 4 is 121 Å². The maximum Gasteiger partial charge on any atom is 0.371 e. The number of allylic oxidation sites excluding steroid dienone is 1. The van der Waals surface area contributed by atoms with Gasteiger partial charge in [0.05, 0.1) is 112 Å². The molecule has 5 fully saturated rings. The van der Waals surface area contributed by atoms with Crippen molar-refractivity contribution in [1.29, 1.82) is 0 Å². The Kier molecular flexibility index (Phi) is 48.8. The number of halogens is 2. The Bertz CT molecular complexity index is 3800. The highest BCUT2D eigenvalue weighted by molar-refractivity contribution is 9.10. The normalized spacial score (nSPS) is 17.7. The van der Waals surface area contributed by atoms with Crippen LogP contribution in [-0.2, 0) is 107 Å². The van der Waals surface area contributed by atoms with Gasteiger partial charge < -0.3 is 64.7 Å². The number of rotatable bonds is 34. The van der Waals surface area contributed by atoms with Crippen LogP contribution in [0.5, 0.6) is 0 Å². The number of carboxylic acid groups (broad SMARTS) is 1. The fourth-order valence-corrected chi connectivity index (χ4v) is 14.9. The topological polar surface area (TPSA) is 391 Å². The first-order valence-corrected chi connectivity index (χ1v) is 44.1. The average Bonchev–Trinajstić information content (AvgIpc) is 1.67. The number of morpholine rings is 5. The first-order valence-electron chi connectivity index (χ1n) is 42.5. The number of carboxylic acids is 1. The number of amides is 3. The number of nitrogens with zero attached hydrogens (tertiary/aromatic N) is 13. The third-order valence-electron chi connectivity index (χ3n) is 20.3. The lowest BCUT2D eigenvalue weighted by Gasteiger charge is -2.28. The summed E-state index contributed by atoms with van der Waals surface area (Å²) in [6.45, 7) is 38.7. The molecule has 4 aromatic rings. The van der Waals surface area contributed by atoms with Gasteiger partial charge in [0.25, 0.3) is 0 Å². The number of ketones is 1. The monoisotopic (exact) mass is 1830 g/mol. The molecule has 8 aliphatic heterocycles. The first kappa shape index (κ1) is 101. The van der Waals surface area contributed by atoms with Crippen molar-refractivity contribution in [2.75, 3.05) is 258 Å². The number of pyridine rings is 4. The van der Waals surface area contributed by atoms with E-state index >= 15 is 0 Å². The van der Waals surface area contributed by atoms with Crippen LogP contribution in [0, 0.1) is 0 Å². The van der Waals surface area contributed by atoms with E-state index in [9.17, 15) is 43.2 Å². The maximum atomic E-state index is 12.1. The molecule has 0 aliphatic carbocycles. The molecular weight excluding hydrogens is 1710 g/mol. The van der Waals surface area contributed by atoms with Crippen LogP contribution in [0.4, 0.5) is 23.3 Å². The van der Waals surface area contributed by atoms with Crippen LogP contribution in [0.1, 0.15) is 112 Å². The van der Waals surface area contributed by atoms with Gasteiger partial charge in [-0.3, -0.25) is 77.7 Å². The minimum atomic E-state index is -1.00. The van der Waals surface area contributed by atoms with E-state index in [-0.39, 0.29) is 54.9 Å². The number of carbonyl (C=O) groups is 9. The number of aliphatic carboxylic acids is 1. The number of esters is 3. The predicted octanol–water partition coefficient (Wildman–Crippen LogP) is 5.84. The molecule has 674 valence electrons. The molecule has 35 nitrogen and oxygen atoms in total. The van der Waals surface area contributed by atoms with Crippen molar-refractivity contribution in [3.63, 3.8) is 0 Å². The summed E-state index contributed by atoms with van der Waals surface area (Å²) < 4.78 is 42.7. The molecule has 0 unspecified atom stereocenters. The Labute approximate surface area is 734 Å². The fourth-order valence-electron chi connectivity index (χ4n) is 14.1. The van der Waals surface area contributed by atoms with Gasteiger partial charge >= 0.3 is 23.9 Å². The van der Waals surface area contributed by atoms with E-state index in [0.717, 1.165) is 278 Å². The Balaban J connectivity index is 0.000000207. The fraction of sp³-hybridized carbons (Fsp3) is 0.612. The van der Waals surface area contributed by atoms with Crippen molar-refractivity contribution in [3.05, 3.63) is 104 Å². The van der Waals surface area contributed by atoms with Gasteiger partial charge in [-0.25, -0.2) is 29.5 Å². The molecule has 4 aromatic heterocycles. The molecule has 5 saturated heterocycles. The van der Waals surface area contributed by atoms with E-state index in [1.807, 2.05) is 38.1 Å². The second-order valence-electron chi connectivity index (χ2n) is 30.0. The van der Waals surface area contributed by atoms with Crippen molar-refractivity contribution in [2.45, 2.75) is 105 Å². The number of ether oxygens (including phenoxy) is 8. The molecule has 0 aromatic carbocycles. The molecule has 122 heavy (non-hydrogen) atoms. The van der Waals surface area contributed by atoms with E-state index in [1.165, 1.54) is 25.5 Å². The minimum Gasteiger partial charge on any atom is -0.478 e. The summed E-state index contributed by atoms with van der Waals surface area (Å²) in [6.07, 6.45) is 20.5. The van der Waals surface area contributed by atoms with E-state index in [2.05, 4.69) is 117 Å². The molecule has 0 spiro atoms. The highest BCUT2D eigenvalue weighted by Gasteiger charge is 2.26. The zero-order valence-electron chi connectivity index (χ0n) is 71.5. The van der Waals surface area contributed by atoms with Crippen molar-refractivity contribution in [1.82, 2.24) is 64.0 Å². The number of aromatic nitrogens is 4.